The van der Waals surface area contributed by atoms with Gasteiger partial charge in [-0.25, -0.2) is 4.79 Å². The Kier molecular flexibility index (Phi) is 10.4. The zero-order chi connectivity index (χ0) is 30.3. The Labute approximate surface area is 253 Å². The van der Waals surface area contributed by atoms with Gasteiger partial charge in [-0.15, -0.1) is 0 Å². The highest BCUT2D eigenvalue weighted by Gasteiger charge is 2.39. The van der Waals surface area contributed by atoms with Gasteiger partial charge in [0.15, 0.2) is 8.32 Å². The molecule has 0 radical (unpaired) electrons. The Hall–Kier alpha value is -3.22. The molecule has 3 aromatic carbocycles. The fourth-order valence-electron chi connectivity index (χ4n) is 5.61. The predicted octanol–water partition coefficient (Wildman–Crippen LogP) is 8.39. The van der Waals surface area contributed by atoms with Crippen molar-refractivity contribution in [2.24, 2.45) is 0 Å². The van der Waals surface area contributed by atoms with Gasteiger partial charge >= 0.3 is 5.97 Å². The number of carbonyl (C=O) groups excluding carboxylic acids is 1. The summed E-state index contributed by atoms with van der Waals surface area (Å²) in [7, 11) is -1.99. The lowest BCUT2D eigenvalue weighted by Crippen LogP contribution is -2.45. The normalized spacial score (nSPS) is 16.5. The van der Waals surface area contributed by atoms with Crippen molar-refractivity contribution in [1.82, 2.24) is 4.90 Å². The number of aryl methyl sites for hydroxylation is 1. The Balaban J connectivity index is 1.41. The second kappa shape index (κ2) is 13.8. The molecule has 1 aliphatic rings. The summed E-state index contributed by atoms with van der Waals surface area (Å²) >= 11 is 0. The van der Waals surface area contributed by atoms with Gasteiger partial charge in [0.1, 0.15) is 0 Å². The summed E-state index contributed by atoms with van der Waals surface area (Å²) in [5.41, 5.74) is 5.13. The average Bonchev–Trinajstić information content (AvgIpc) is 3.30. The lowest BCUT2D eigenvalue weighted by molar-refractivity contribution is -0.129. The van der Waals surface area contributed by atoms with E-state index in [4.69, 9.17) is 9.53 Å². The van der Waals surface area contributed by atoms with Crippen LogP contribution in [-0.2, 0) is 22.1 Å². The van der Waals surface area contributed by atoms with E-state index in [1.807, 2.05) is 18.2 Å². The molecular formula is C36H47NO4Si. The third-order valence-electron chi connectivity index (χ3n) is 9.10. The molecule has 1 amide bonds. The van der Waals surface area contributed by atoms with Crippen LogP contribution in [0.15, 0.2) is 78.9 Å². The molecule has 0 saturated carbocycles. The van der Waals surface area contributed by atoms with Gasteiger partial charge in [-0.1, -0.05) is 87.5 Å². The number of carboxylic acid groups (broad SMARTS) is 1. The number of aromatic carboxylic acids is 1. The molecule has 5 nitrogen and oxygen atoms in total. The molecule has 1 heterocycles. The lowest BCUT2D eigenvalue weighted by atomic mass is 9.97. The maximum absolute atomic E-state index is 12.9. The summed E-state index contributed by atoms with van der Waals surface area (Å²) in [4.78, 5) is 26.1. The van der Waals surface area contributed by atoms with Gasteiger partial charge in [0.2, 0.25) is 5.91 Å². The van der Waals surface area contributed by atoms with Crippen molar-refractivity contribution < 1.29 is 19.1 Å². The van der Waals surface area contributed by atoms with Gasteiger partial charge in [-0.05, 0) is 91.0 Å². The minimum Gasteiger partial charge on any atom is -0.478 e. The number of rotatable bonds is 13. The zero-order valence-corrected chi connectivity index (χ0v) is 26.9. The van der Waals surface area contributed by atoms with Crippen LogP contribution < -0.4 is 0 Å². The number of hydrogen-bond acceptors (Lipinski definition) is 3. The summed E-state index contributed by atoms with van der Waals surface area (Å²) < 4.78 is 7.03. The van der Waals surface area contributed by atoms with Crippen molar-refractivity contribution >= 4 is 20.2 Å². The molecule has 1 saturated heterocycles. The first-order chi connectivity index (χ1) is 19.9. The van der Waals surface area contributed by atoms with E-state index in [2.05, 4.69) is 87.3 Å². The van der Waals surface area contributed by atoms with Crippen LogP contribution in [0, 0.1) is 0 Å². The molecule has 42 heavy (non-hydrogen) atoms. The van der Waals surface area contributed by atoms with E-state index >= 15 is 0 Å². The Morgan fingerprint density at radius 1 is 0.976 bits per heavy atom. The summed E-state index contributed by atoms with van der Waals surface area (Å²) in [5, 5.41) is 9.26. The summed E-state index contributed by atoms with van der Waals surface area (Å²) in [6, 6.07) is 26.6. The second-order valence-electron chi connectivity index (χ2n) is 13.2. The Bertz CT molecular complexity index is 1330. The third kappa shape index (κ3) is 8.42. The van der Waals surface area contributed by atoms with Gasteiger partial charge in [-0.3, -0.25) is 4.79 Å². The summed E-state index contributed by atoms with van der Waals surface area (Å²) in [6.45, 7) is 12.3. The Morgan fingerprint density at radius 3 is 2.33 bits per heavy atom. The summed E-state index contributed by atoms with van der Waals surface area (Å²) in [6.07, 6.45) is 6.04. The number of carbonyl (C=O) groups is 2. The van der Waals surface area contributed by atoms with Gasteiger partial charge in [-0.2, -0.15) is 0 Å². The quantitative estimate of drug-likeness (QED) is 0.205. The minimum absolute atomic E-state index is 0.0993. The number of likely N-dealkylation sites (tertiary alicyclic amines) is 1. The first-order valence-corrected chi connectivity index (χ1v) is 18.3. The standard InChI is InChI=1S/C36H47NO4Si/c1-36(2,3)42(4,5)41-33(26-28-11-9-15-31(25-28)29-13-7-6-8-14-29)22-20-32-21-23-34(38)37(32)24-10-12-27-16-18-30(19-17-27)35(39)40/h6-9,11,13-19,25,32-33H,10,12,20-24,26H2,1-5H3,(H,39,40). The van der Waals surface area contributed by atoms with E-state index < -0.39 is 14.3 Å². The third-order valence-corrected chi connectivity index (χ3v) is 13.6. The highest BCUT2D eigenvalue weighted by Crippen LogP contribution is 2.38. The maximum atomic E-state index is 12.9. The molecule has 4 rings (SSSR count). The van der Waals surface area contributed by atoms with E-state index in [1.165, 1.54) is 16.7 Å². The lowest BCUT2D eigenvalue weighted by Gasteiger charge is -2.40. The molecule has 1 N–H and O–H groups in total. The van der Waals surface area contributed by atoms with Crippen LogP contribution in [-0.4, -0.2) is 48.9 Å². The zero-order valence-electron chi connectivity index (χ0n) is 25.9. The molecule has 6 heteroatoms. The number of nitrogens with zero attached hydrogens (tertiary/aromatic N) is 1. The molecule has 1 fully saturated rings. The van der Waals surface area contributed by atoms with Crippen LogP contribution in [0.3, 0.4) is 0 Å². The molecule has 0 spiro atoms. The van der Waals surface area contributed by atoms with Crippen molar-refractivity contribution in [3.63, 3.8) is 0 Å². The van der Waals surface area contributed by atoms with Gasteiger partial charge in [0.25, 0.3) is 0 Å². The van der Waals surface area contributed by atoms with E-state index in [9.17, 15) is 9.59 Å². The van der Waals surface area contributed by atoms with Crippen LogP contribution >= 0.6 is 0 Å². The van der Waals surface area contributed by atoms with Crippen molar-refractivity contribution in [2.75, 3.05) is 6.54 Å². The monoisotopic (exact) mass is 585 g/mol. The van der Waals surface area contributed by atoms with Crippen LogP contribution in [0.25, 0.3) is 11.1 Å². The molecular weight excluding hydrogens is 538 g/mol. The molecule has 2 atom stereocenters. The predicted molar refractivity (Wildman–Crippen MR) is 173 cm³/mol. The maximum Gasteiger partial charge on any atom is 0.335 e. The highest BCUT2D eigenvalue weighted by molar-refractivity contribution is 6.74. The van der Waals surface area contributed by atoms with E-state index in [0.717, 1.165) is 50.6 Å². The molecule has 3 aromatic rings. The van der Waals surface area contributed by atoms with Crippen molar-refractivity contribution in [1.29, 1.82) is 0 Å². The summed E-state index contributed by atoms with van der Waals surface area (Å²) in [5.74, 6) is -0.662. The fraction of sp³-hybridized carbons (Fsp3) is 0.444. The first kappa shape index (κ1) is 31.7. The van der Waals surface area contributed by atoms with Gasteiger partial charge < -0.3 is 14.4 Å². The number of amides is 1. The van der Waals surface area contributed by atoms with Gasteiger partial charge in [0.05, 0.1) is 5.56 Å². The van der Waals surface area contributed by atoms with Crippen molar-refractivity contribution in [3.8, 4) is 11.1 Å². The molecule has 2 unspecified atom stereocenters. The van der Waals surface area contributed by atoms with E-state index in [1.54, 1.807) is 12.1 Å². The average molecular weight is 586 g/mol. The minimum atomic E-state index is -1.99. The first-order valence-electron chi connectivity index (χ1n) is 15.4. The molecule has 1 aliphatic heterocycles. The number of hydrogen-bond donors (Lipinski definition) is 1. The van der Waals surface area contributed by atoms with E-state index in [-0.39, 0.29) is 23.1 Å². The van der Waals surface area contributed by atoms with Crippen LogP contribution in [0.4, 0.5) is 0 Å². The highest BCUT2D eigenvalue weighted by atomic mass is 28.4. The van der Waals surface area contributed by atoms with Crippen LogP contribution in [0.2, 0.25) is 18.1 Å². The molecule has 224 valence electrons. The number of benzene rings is 3. The van der Waals surface area contributed by atoms with E-state index in [0.29, 0.717) is 12.0 Å². The topological polar surface area (TPSA) is 66.8 Å². The largest absolute Gasteiger partial charge is 0.478 e. The van der Waals surface area contributed by atoms with Crippen LogP contribution in [0.1, 0.15) is 74.4 Å². The fourth-order valence-corrected chi connectivity index (χ4v) is 7.00. The number of carboxylic acids is 1. The Morgan fingerprint density at radius 2 is 1.67 bits per heavy atom. The molecule has 0 aliphatic carbocycles. The van der Waals surface area contributed by atoms with Crippen LogP contribution in [0.5, 0.6) is 0 Å². The molecule has 0 bridgehead atoms. The smallest absolute Gasteiger partial charge is 0.335 e. The second-order valence-corrected chi connectivity index (χ2v) is 18.0. The SMILES string of the molecule is CC(C)(C)[Si](C)(C)OC(CCC1CCC(=O)N1CCCc1ccc(C(=O)O)cc1)Cc1cccc(-c2ccccc2)c1. The van der Waals surface area contributed by atoms with Crippen molar-refractivity contribution in [3.05, 3.63) is 95.6 Å². The van der Waals surface area contributed by atoms with Crippen molar-refractivity contribution in [2.45, 2.75) is 96.0 Å². The molecule has 0 aromatic heterocycles. The van der Waals surface area contributed by atoms with Gasteiger partial charge in [0, 0.05) is 25.1 Å².